The summed E-state index contributed by atoms with van der Waals surface area (Å²) in [5.74, 6) is -0.255. The minimum absolute atomic E-state index is 0.0677. The number of nitrogens with one attached hydrogen (secondary N) is 1. The molecule has 1 atom stereocenters. The van der Waals surface area contributed by atoms with Crippen LogP contribution in [0.5, 0.6) is 0 Å². The van der Waals surface area contributed by atoms with Crippen LogP contribution in [0.2, 0.25) is 5.02 Å². The summed E-state index contributed by atoms with van der Waals surface area (Å²) in [5, 5.41) is 13.9. The molecule has 1 aromatic heterocycles. The van der Waals surface area contributed by atoms with Crippen LogP contribution in [0.4, 0.5) is 5.69 Å². The molecule has 0 bridgehead atoms. The molecule has 3 aromatic rings. The van der Waals surface area contributed by atoms with Crippen molar-refractivity contribution in [1.82, 2.24) is 10.2 Å². The standard InChI is InChI=1S/C22H20ClN3O5/c1-25(2)19(20-8-5-11-31-20)13-24-22(28)16-7-4-3-6-15(16)21(27)14-9-10-17(23)18(12-14)26(29)30/h3-12,19H,13H2,1-2H3,(H,24,28). The van der Waals surface area contributed by atoms with Gasteiger partial charge >= 0.3 is 0 Å². The third-order valence-electron chi connectivity index (χ3n) is 4.77. The number of halogens is 1. The number of furan rings is 1. The van der Waals surface area contributed by atoms with Gasteiger partial charge in [-0.25, -0.2) is 0 Å². The summed E-state index contributed by atoms with van der Waals surface area (Å²) < 4.78 is 5.44. The highest BCUT2D eigenvalue weighted by Gasteiger charge is 2.23. The van der Waals surface area contributed by atoms with E-state index in [1.54, 1.807) is 24.5 Å². The second kappa shape index (κ2) is 9.55. The fourth-order valence-electron chi connectivity index (χ4n) is 3.13. The van der Waals surface area contributed by atoms with E-state index in [2.05, 4.69) is 5.32 Å². The first-order chi connectivity index (χ1) is 14.8. The quantitative estimate of drug-likeness (QED) is 0.320. The van der Waals surface area contributed by atoms with Crippen LogP contribution < -0.4 is 5.32 Å². The number of hydrogen-bond acceptors (Lipinski definition) is 6. The van der Waals surface area contributed by atoms with Crippen molar-refractivity contribution in [3.8, 4) is 0 Å². The molecular weight excluding hydrogens is 422 g/mol. The minimum atomic E-state index is -0.659. The first kappa shape index (κ1) is 22.2. The molecule has 0 aliphatic rings. The number of carbonyl (C=O) groups excluding carboxylic acids is 2. The van der Waals surface area contributed by atoms with Gasteiger partial charge in [0.15, 0.2) is 5.78 Å². The Labute approximate surface area is 183 Å². The zero-order chi connectivity index (χ0) is 22.5. The van der Waals surface area contributed by atoms with E-state index < -0.39 is 16.6 Å². The molecular formula is C22H20ClN3O5. The monoisotopic (exact) mass is 441 g/mol. The summed E-state index contributed by atoms with van der Waals surface area (Å²) in [7, 11) is 3.73. The van der Waals surface area contributed by atoms with E-state index in [0.29, 0.717) is 5.76 Å². The number of benzene rings is 2. The van der Waals surface area contributed by atoms with Gasteiger partial charge in [0, 0.05) is 23.7 Å². The average Bonchev–Trinajstić information content (AvgIpc) is 3.27. The number of ketones is 1. The van der Waals surface area contributed by atoms with Crippen LogP contribution in [0.1, 0.15) is 38.1 Å². The maximum absolute atomic E-state index is 13.0. The lowest BCUT2D eigenvalue weighted by atomic mass is 9.97. The van der Waals surface area contributed by atoms with Crippen molar-refractivity contribution in [2.24, 2.45) is 0 Å². The van der Waals surface area contributed by atoms with Crippen molar-refractivity contribution in [1.29, 1.82) is 0 Å². The lowest BCUT2D eigenvalue weighted by Gasteiger charge is -2.22. The Morgan fingerprint density at radius 1 is 1.13 bits per heavy atom. The number of rotatable bonds is 8. The van der Waals surface area contributed by atoms with Crippen molar-refractivity contribution in [3.63, 3.8) is 0 Å². The highest BCUT2D eigenvalue weighted by atomic mass is 35.5. The van der Waals surface area contributed by atoms with Gasteiger partial charge in [0.25, 0.3) is 11.6 Å². The molecule has 8 nitrogen and oxygen atoms in total. The molecule has 0 aliphatic heterocycles. The Hall–Kier alpha value is -3.49. The third-order valence-corrected chi connectivity index (χ3v) is 5.09. The molecule has 1 amide bonds. The van der Waals surface area contributed by atoms with E-state index in [1.807, 2.05) is 25.1 Å². The molecule has 0 saturated carbocycles. The molecule has 3 rings (SSSR count). The van der Waals surface area contributed by atoms with Gasteiger partial charge in [0.2, 0.25) is 0 Å². The number of likely N-dealkylation sites (N-methyl/N-ethyl adjacent to an activating group) is 1. The molecule has 1 N–H and O–H groups in total. The second-order valence-electron chi connectivity index (χ2n) is 7.00. The summed E-state index contributed by atoms with van der Waals surface area (Å²) in [6.07, 6.45) is 1.56. The Morgan fingerprint density at radius 3 is 2.45 bits per heavy atom. The Bertz CT molecular complexity index is 1110. The van der Waals surface area contributed by atoms with Crippen LogP contribution in [0.15, 0.2) is 65.3 Å². The van der Waals surface area contributed by atoms with Gasteiger partial charge in [-0.1, -0.05) is 29.8 Å². The smallest absolute Gasteiger partial charge is 0.288 e. The number of nitro benzene ring substituents is 1. The largest absolute Gasteiger partial charge is 0.468 e. The summed E-state index contributed by atoms with van der Waals surface area (Å²) in [5.41, 5.74) is -0.00194. The topological polar surface area (TPSA) is 106 Å². The van der Waals surface area contributed by atoms with E-state index in [-0.39, 0.29) is 40.0 Å². The molecule has 160 valence electrons. The summed E-state index contributed by atoms with van der Waals surface area (Å²) in [4.78, 5) is 38.3. The van der Waals surface area contributed by atoms with Crippen molar-refractivity contribution in [2.75, 3.05) is 20.6 Å². The molecule has 0 saturated heterocycles. The van der Waals surface area contributed by atoms with Crippen LogP contribution in [0.3, 0.4) is 0 Å². The number of nitro groups is 1. The Kier molecular flexibility index (Phi) is 6.84. The normalized spacial score (nSPS) is 11.9. The maximum atomic E-state index is 13.0. The minimum Gasteiger partial charge on any atom is -0.468 e. The van der Waals surface area contributed by atoms with E-state index in [9.17, 15) is 19.7 Å². The van der Waals surface area contributed by atoms with Gasteiger partial charge in [0.1, 0.15) is 10.8 Å². The molecule has 0 spiro atoms. The molecule has 31 heavy (non-hydrogen) atoms. The fourth-order valence-corrected chi connectivity index (χ4v) is 3.32. The third kappa shape index (κ3) is 4.99. The van der Waals surface area contributed by atoms with E-state index in [4.69, 9.17) is 16.0 Å². The van der Waals surface area contributed by atoms with Gasteiger partial charge in [-0.05, 0) is 44.4 Å². The van der Waals surface area contributed by atoms with E-state index >= 15 is 0 Å². The van der Waals surface area contributed by atoms with Crippen LogP contribution in [0, 0.1) is 10.1 Å². The first-order valence-electron chi connectivity index (χ1n) is 9.35. The second-order valence-corrected chi connectivity index (χ2v) is 7.41. The van der Waals surface area contributed by atoms with Gasteiger partial charge in [-0.15, -0.1) is 0 Å². The van der Waals surface area contributed by atoms with Gasteiger partial charge < -0.3 is 9.73 Å². The van der Waals surface area contributed by atoms with Crippen LogP contribution in [-0.2, 0) is 0 Å². The van der Waals surface area contributed by atoms with Crippen molar-refractivity contribution >= 4 is 29.0 Å². The number of amides is 1. The van der Waals surface area contributed by atoms with Gasteiger partial charge in [-0.3, -0.25) is 24.6 Å². The predicted octanol–water partition coefficient (Wildman–Crippen LogP) is 4.10. The SMILES string of the molecule is CN(C)C(CNC(=O)c1ccccc1C(=O)c1ccc(Cl)c([N+](=O)[O-])c1)c1ccco1. The molecule has 0 radical (unpaired) electrons. The molecule has 1 heterocycles. The molecule has 2 aromatic carbocycles. The Balaban J connectivity index is 1.84. The first-order valence-corrected chi connectivity index (χ1v) is 9.73. The molecule has 0 fully saturated rings. The lowest BCUT2D eigenvalue weighted by Crippen LogP contribution is -2.35. The van der Waals surface area contributed by atoms with E-state index in [0.717, 1.165) is 6.07 Å². The van der Waals surface area contributed by atoms with Crippen molar-refractivity contribution in [2.45, 2.75) is 6.04 Å². The number of carbonyl (C=O) groups is 2. The maximum Gasteiger partial charge on any atom is 0.288 e. The summed E-state index contributed by atoms with van der Waals surface area (Å²) in [6, 6.07) is 13.5. The number of nitrogens with zero attached hydrogens (tertiary/aromatic N) is 2. The molecule has 1 unspecified atom stereocenters. The van der Waals surface area contributed by atoms with Crippen LogP contribution in [0.25, 0.3) is 0 Å². The van der Waals surface area contributed by atoms with Crippen molar-refractivity contribution in [3.05, 3.63) is 98.4 Å². The Morgan fingerprint density at radius 2 is 1.84 bits per heavy atom. The fraction of sp³-hybridized carbons (Fsp3) is 0.182. The predicted molar refractivity (Wildman–Crippen MR) is 115 cm³/mol. The number of hydrogen-bond donors (Lipinski definition) is 1. The zero-order valence-corrected chi connectivity index (χ0v) is 17.6. The summed E-state index contributed by atoms with van der Waals surface area (Å²) in [6.45, 7) is 0.258. The highest BCUT2D eigenvalue weighted by Crippen LogP contribution is 2.27. The van der Waals surface area contributed by atoms with Crippen molar-refractivity contribution < 1.29 is 18.9 Å². The van der Waals surface area contributed by atoms with Crippen LogP contribution in [-0.4, -0.2) is 42.2 Å². The molecule has 0 aliphatic carbocycles. The van der Waals surface area contributed by atoms with Gasteiger partial charge in [0.05, 0.1) is 22.8 Å². The molecule has 9 heteroatoms. The van der Waals surface area contributed by atoms with Gasteiger partial charge in [-0.2, -0.15) is 0 Å². The van der Waals surface area contributed by atoms with E-state index in [1.165, 1.54) is 24.3 Å². The van der Waals surface area contributed by atoms with Crippen LogP contribution >= 0.6 is 11.6 Å². The zero-order valence-electron chi connectivity index (χ0n) is 16.9. The lowest BCUT2D eigenvalue weighted by molar-refractivity contribution is -0.384. The summed E-state index contributed by atoms with van der Waals surface area (Å²) >= 11 is 5.83. The average molecular weight is 442 g/mol. The highest BCUT2D eigenvalue weighted by molar-refractivity contribution is 6.33.